The average Bonchev–Trinajstić information content (AvgIpc) is 2.90. The van der Waals surface area contributed by atoms with Gasteiger partial charge in [0.15, 0.2) is 0 Å². The topological polar surface area (TPSA) is 95.5 Å². The summed E-state index contributed by atoms with van der Waals surface area (Å²) in [4.78, 5) is 21.0. The van der Waals surface area contributed by atoms with Gasteiger partial charge in [0, 0.05) is 49.2 Å². The average molecular weight is 554 g/mol. The Balaban J connectivity index is 1.42. The number of unbranched alkanes of at least 4 members (excludes halogenated alkanes) is 8. The highest BCUT2D eigenvalue weighted by Crippen LogP contribution is 2.23. The lowest BCUT2D eigenvalue weighted by atomic mass is 10.0. The SMILES string of the molecule is O=[N+]([O-])c1ccc(CCCCCCCOCCCCCCCc2ccc([N+](=O)[O-])cc2CCl)c(CCl)c1. The van der Waals surface area contributed by atoms with Crippen LogP contribution in [0.2, 0.25) is 0 Å². The maximum atomic E-state index is 10.9. The van der Waals surface area contributed by atoms with Gasteiger partial charge in [-0.15, -0.1) is 23.2 Å². The number of nitro groups is 2. The molecule has 0 amide bonds. The number of alkyl halides is 2. The van der Waals surface area contributed by atoms with Gasteiger partial charge in [-0.3, -0.25) is 20.2 Å². The lowest BCUT2D eigenvalue weighted by Crippen LogP contribution is -1.98. The third kappa shape index (κ3) is 11.8. The number of nitro benzene ring substituents is 2. The summed E-state index contributed by atoms with van der Waals surface area (Å²) in [6.45, 7) is 1.61. The van der Waals surface area contributed by atoms with Gasteiger partial charge in [-0.25, -0.2) is 0 Å². The molecule has 0 saturated carbocycles. The first kappa shape index (κ1) is 31.0. The Morgan fingerprint density at radius 3 is 1.32 bits per heavy atom. The standard InChI is InChI=1S/C28H38Cl2N2O5/c29-21-25-19-27(31(33)34)15-13-23(25)11-7-3-1-5-9-17-37-18-10-6-2-4-8-12-24-14-16-28(32(35)36)20-26(24)22-30/h13-16,19-20H,1-12,17-18,21-22H2. The molecule has 0 spiro atoms. The third-order valence-corrected chi connectivity index (χ3v) is 7.13. The fourth-order valence-electron chi connectivity index (χ4n) is 4.39. The van der Waals surface area contributed by atoms with Crippen LogP contribution in [0.25, 0.3) is 0 Å². The number of hydrogen-bond donors (Lipinski definition) is 0. The van der Waals surface area contributed by atoms with Gasteiger partial charge < -0.3 is 4.74 Å². The van der Waals surface area contributed by atoms with Crippen LogP contribution in [0.1, 0.15) is 86.5 Å². The summed E-state index contributed by atoms with van der Waals surface area (Å²) >= 11 is 11.9. The zero-order chi connectivity index (χ0) is 26.9. The van der Waals surface area contributed by atoms with Crippen LogP contribution < -0.4 is 0 Å². The second-order valence-electron chi connectivity index (χ2n) is 9.34. The largest absolute Gasteiger partial charge is 0.381 e. The molecule has 0 fully saturated rings. The van der Waals surface area contributed by atoms with Gasteiger partial charge in [0.25, 0.3) is 11.4 Å². The number of aryl methyl sites for hydroxylation is 2. The van der Waals surface area contributed by atoms with Crippen molar-refractivity contribution >= 4 is 34.6 Å². The highest BCUT2D eigenvalue weighted by molar-refractivity contribution is 6.17. The first-order valence-electron chi connectivity index (χ1n) is 13.2. The van der Waals surface area contributed by atoms with Crippen LogP contribution in [-0.4, -0.2) is 23.1 Å². The van der Waals surface area contributed by atoms with E-state index in [1.54, 1.807) is 24.3 Å². The number of nitrogens with zero attached hydrogens (tertiary/aromatic N) is 2. The minimum Gasteiger partial charge on any atom is -0.381 e. The molecule has 7 nitrogen and oxygen atoms in total. The number of rotatable bonds is 20. The maximum absolute atomic E-state index is 10.9. The second kappa shape index (κ2) is 18.1. The van der Waals surface area contributed by atoms with E-state index in [4.69, 9.17) is 27.9 Å². The molecular formula is C28H38Cl2N2O5. The Bertz CT molecular complexity index is 910. The van der Waals surface area contributed by atoms with Crippen molar-refractivity contribution in [3.63, 3.8) is 0 Å². The van der Waals surface area contributed by atoms with E-state index in [0.29, 0.717) is 11.8 Å². The van der Waals surface area contributed by atoms with E-state index in [1.165, 1.54) is 0 Å². The molecule has 0 N–H and O–H groups in total. The molecule has 0 atom stereocenters. The van der Waals surface area contributed by atoms with Gasteiger partial charge in [-0.1, -0.05) is 50.7 Å². The lowest BCUT2D eigenvalue weighted by Gasteiger charge is -2.08. The van der Waals surface area contributed by atoms with Gasteiger partial charge in [0.1, 0.15) is 0 Å². The Labute approximate surface area is 229 Å². The first-order valence-corrected chi connectivity index (χ1v) is 14.2. The highest BCUT2D eigenvalue weighted by atomic mass is 35.5. The fourth-order valence-corrected chi connectivity index (χ4v) is 4.89. The van der Waals surface area contributed by atoms with E-state index in [2.05, 4.69) is 0 Å². The molecule has 0 aliphatic heterocycles. The molecule has 0 aromatic heterocycles. The third-order valence-electron chi connectivity index (χ3n) is 6.56. The Morgan fingerprint density at radius 1 is 0.568 bits per heavy atom. The zero-order valence-corrected chi connectivity index (χ0v) is 23.0. The smallest absolute Gasteiger partial charge is 0.269 e. The van der Waals surface area contributed by atoms with Crippen LogP contribution in [0, 0.1) is 20.2 Å². The monoisotopic (exact) mass is 552 g/mol. The molecule has 0 saturated heterocycles. The number of halogens is 2. The molecule has 0 heterocycles. The second-order valence-corrected chi connectivity index (χ2v) is 9.87. The van der Waals surface area contributed by atoms with Gasteiger partial charge in [0.05, 0.1) is 9.85 Å². The van der Waals surface area contributed by atoms with E-state index < -0.39 is 0 Å². The summed E-state index contributed by atoms with van der Waals surface area (Å²) in [6.07, 6.45) is 12.9. The van der Waals surface area contributed by atoms with Crippen molar-refractivity contribution in [3.05, 3.63) is 78.9 Å². The van der Waals surface area contributed by atoms with Crippen molar-refractivity contribution in [3.8, 4) is 0 Å². The first-order chi connectivity index (χ1) is 18.0. The van der Waals surface area contributed by atoms with Crippen molar-refractivity contribution < 1.29 is 14.6 Å². The lowest BCUT2D eigenvalue weighted by molar-refractivity contribution is -0.385. The van der Waals surface area contributed by atoms with Crippen molar-refractivity contribution in [1.82, 2.24) is 0 Å². The van der Waals surface area contributed by atoms with Crippen LogP contribution in [0.4, 0.5) is 11.4 Å². The van der Waals surface area contributed by atoms with Gasteiger partial charge in [-0.2, -0.15) is 0 Å². The quantitative estimate of drug-likeness (QED) is 0.0707. The predicted molar refractivity (Wildman–Crippen MR) is 150 cm³/mol. The number of ether oxygens (including phenoxy) is 1. The van der Waals surface area contributed by atoms with E-state index in [9.17, 15) is 20.2 Å². The summed E-state index contributed by atoms with van der Waals surface area (Å²) in [5.41, 5.74) is 4.12. The molecule has 0 aliphatic rings. The van der Waals surface area contributed by atoms with Crippen molar-refractivity contribution in [2.75, 3.05) is 13.2 Å². The summed E-state index contributed by atoms with van der Waals surface area (Å²) in [7, 11) is 0. The van der Waals surface area contributed by atoms with E-state index in [1.807, 2.05) is 12.1 Å². The number of non-ortho nitro benzene ring substituents is 2. The van der Waals surface area contributed by atoms with Crippen LogP contribution in [0.5, 0.6) is 0 Å². The maximum Gasteiger partial charge on any atom is 0.269 e. The van der Waals surface area contributed by atoms with Crippen LogP contribution in [0.15, 0.2) is 36.4 Å². The normalized spacial score (nSPS) is 11.1. The summed E-state index contributed by atoms with van der Waals surface area (Å²) in [6, 6.07) is 9.95. The molecule has 0 bridgehead atoms. The Kier molecular flexibility index (Phi) is 15.2. The van der Waals surface area contributed by atoms with Crippen molar-refractivity contribution in [1.29, 1.82) is 0 Å². The predicted octanol–water partition coefficient (Wildman–Crippen LogP) is 8.68. The molecule has 2 aromatic rings. The summed E-state index contributed by atoms with van der Waals surface area (Å²) in [5.74, 6) is 0.595. The molecule has 204 valence electrons. The number of hydrogen-bond acceptors (Lipinski definition) is 5. The zero-order valence-electron chi connectivity index (χ0n) is 21.5. The molecule has 2 aromatic carbocycles. The minimum absolute atomic E-state index is 0.0975. The molecule has 0 aliphatic carbocycles. The van der Waals surface area contributed by atoms with Crippen molar-refractivity contribution in [2.45, 2.75) is 88.8 Å². The minimum atomic E-state index is -0.382. The molecule has 0 unspecified atom stereocenters. The summed E-state index contributed by atoms with van der Waals surface area (Å²) in [5, 5.41) is 21.8. The van der Waals surface area contributed by atoms with Gasteiger partial charge in [-0.05, 0) is 60.8 Å². The van der Waals surface area contributed by atoms with E-state index in [0.717, 1.165) is 113 Å². The highest BCUT2D eigenvalue weighted by Gasteiger charge is 2.11. The molecule has 0 radical (unpaired) electrons. The van der Waals surface area contributed by atoms with Crippen LogP contribution in [0.3, 0.4) is 0 Å². The van der Waals surface area contributed by atoms with Crippen LogP contribution in [-0.2, 0) is 29.3 Å². The molecule has 2 rings (SSSR count). The van der Waals surface area contributed by atoms with Gasteiger partial charge in [0.2, 0.25) is 0 Å². The Morgan fingerprint density at radius 2 is 0.946 bits per heavy atom. The van der Waals surface area contributed by atoms with Crippen molar-refractivity contribution in [2.24, 2.45) is 0 Å². The molecular weight excluding hydrogens is 515 g/mol. The van der Waals surface area contributed by atoms with Gasteiger partial charge >= 0.3 is 0 Å². The summed E-state index contributed by atoms with van der Waals surface area (Å²) < 4.78 is 5.77. The van der Waals surface area contributed by atoms with E-state index >= 15 is 0 Å². The van der Waals surface area contributed by atoms with E-state index in [-0.39, 0.29) is 21.2 Å². The van der Waals surface area contributed by atoms with Crippen LogP contribution >= 0.6 is 23.2 Å². The fraction of sp³-hybridized carbons (Fsp3) is 0.571. The molecule has 37 heavy (non-hydrogen) atoms. The number of benzene rings is 2. The molecule has 9 heteroatoms. The Hall–Kier alpha value is -2.22.